The summed E-state index contributed by atoms with van der Waals surface area (Å²) in [6.07, 6.45) is 0.968. The minimum Gasteiger partial charge on any atom is -0.480 e. The number of carbonyl (C=O) groups excluding carboxylic acids is 4. The summed E-state index contributed by atoms with van der Waals surface area (Å²) < 4.78 is 0. The molecule has 172 valence electrons. The summed E-state index contributed by atoms with van der Waals surface area (Å²) in [5, 5.41) is 16.1. The lowest BCUT2D eigenvalue weighted by Gasteiger charge is -2.27. The van der Waals surface area contributed by atoms with E-state index in [1.54, 1.807) is 13.8 Å². The van der Waals surface area contributed by atoms with Crippen LogP contribution in [0, 0.1) is 11.8 Å². The summed E-state index contributed by atoms with van der Waals surface area (Å²) in [5.41, 5.74) is 11.1. The Labute approximate surface area is 176 Å². The van der Waals surface area contributed by atoms with Gasteiger partial charge in [-0.25, -0.2) is 0 Å². The number of nitrogens with two attached hydrogens (primary N) is 2. The molecule has 0 bridgehead atoms. The number of nitrogens with one attached hydrogen (secondary N) is 3. The number of aliphatic carboxylic acids is 1. The quantitative estimate of drug-likeness (QED) is 0.200. The molecule has 5 unspecified atom stereocenters. The Morgan fingerprint density at radius 3 is 1.93 bits per heavy atom. The minimum atomic E-state index is -1.22. The molecule has 0 aromatic rings. The smallest absolute Gasteiger partial charge is 0.322 e. The van der Waals surface area contributed by atoms with Gasteiger partial charge in [-0.3, -0.25) is 24.0 Å². The zero-order chi connectivity index (χ0) is 23.4. The molecule has 0 aliphatic heterocycles. The third-order valence-electron chi connectivity index (χ3n) is 5.08. The minimum absolute atomic E-state index is 0.0654. The van der Waals surface area contributed by atoms with Crippen molar-refractivity contribution < 1.29 is 29.1 Å². The summed E-state index contributed by atoms with van der Waals surface area (Å²) >= 11 is 0. The molecule has 5 atom stereocenters. The normalized spacial score (nSPS) is 15.8. The van der Waals surface area contributed by atoms with E-state index in [2.05, 4.69) is 16.0 Å². The molecule has 0 fully saturated rings. The van der Waals surface area contributed by atoms with Crippen LogP contribution in [-0.4, -0.2) is 59.4 Å². The van der Waals surface area contributed by atoms with E-state index in [9.17, 15) is 24.0 Å². The molecule has 8 N–H and O–H groups in total. The zero-order valence-corrected chi connectivity index (χ0v) is 18.1. The van der Waals surface area contributed by atoms with Crippen molar-refractivity contribution in [2.24, 2.45) is 23.3 Å². The highest BCUT2D eigenvalue weighted by molar-refractivity contribution is 5.94. The molecule has 0 aromatic heterocycles. The highest BCUT2D eigenvalue weighted by Crippen LogP contribution is 2.10. The third-order valence-corrected chi connectivity index (χ3v) is 5.08. The van der Waals surface area contributed by atoms with Gasteiger partial charge in [-0.15, -0.1) is 0 Å². The SMILES string of the molecule is CCC(C)C(N)C(=O)NC(CCC(N)=O)C(=O)NC(C(=O)NCC(=O)O)C(C)CC. The van der Waals surface area contributed by atoms with Crippen LogP contribution in [0.15, 0.2) is 0 Å². The fourth-order valence-corrected chi connectivity index (χ4v) is 2.56. The maximum absolute atomic E-state index is 12.8. The van der Waals surface area contributed by atoms with Crippen LogP contribution in [0.25, 0.3) is 0 Å². The fraction of sp³-hybridized carbons (Fsp3) is 0.737. The van der Waals surface area contributed by atoms with E-state index in [4.69, 9.17) is 16.6 Å². The fourth-order valence-electron chi connectivity index (χ4n) is 2.56. The molecule has 0 radical (unpaired) electrons. The lowest BCUT2D eigenvalue weighted by Crippen LogP contribution is -2.58. The van der Waals surface area contributed by atoms with Crippen molar-refractivity contribution >= 4 is 29.6 Å². The molecule has 0 rings (SSSR count). The van der Waals surface area contributed by atoms with Gasteiger partial charge in [0.2, 0.25) is 23.6 Å². The first kappa shape index (κ1) is 27.3. The lowest BCUT2D eigenvalue weighted by atomic mass is 9.97. The van der Waals surface area contributed by atoms with Crippen LogP contribution in [0.2, 0.25) is 0 Å². The topological polar surface area (TPSA) is 194 Å². The molecule has 0 aromatic carbocycles. The average molecular weight is 430 g/mol. The lowest BCUT2D eigenvalue weighted by molar-refractivity contribution is -0.139. The van der Waals surface area contributed by atoms with Crippen molar-refractivity contribution in [2.75, 3.05) is 6.54 Å². The molecule has 30 heavy (non-hydrogen) atoms. The van der Waals surface area contributed by atoms with Crippen molar-refractivity contribution in [3.63, 3.8) is 0 Å². The number of carbonyl (C=O) groups is 5. The van der Waals surface area contributed by atoms with Crippen molar-refractivity contribution in [1.82, 2.24) is 16.0 Å². The second-order valence-corrected chi connectivity index (χ2v) is 7.46. The number of hydrogen-bond acceptors (Lipinski definition) is 6. The van der Waals surface area contributed by atoms with E-state index in [1.807, 2.05) is 13.8 Å². The summed E-state index contributed by atoms with van der Waals surface area (Å²) in [4.78, 5) is 59.5. The van der Waals surface area contributed by atoms with Crippen molar-refractivity contribution in [2.45, 2.75) is 71.5 Å². The van der Waals surface area contributed by atoms with Gasteiger partial charge in [-0.05, 0) is 18.3 Å². The number of rotatable bonds is 14. The predicted octanol–water partition coefficient (Wildman–Crippen LogP) is -1.16. The number of carboxylic acids is 1. The Morgan fingerprint density at radius 1 is 0.900 bits per heavy atom. The van der Waals surface area contributed by atoms with Crippen LogP contribution in [0.3, 0.4) is 0 Å². The van der Waals surface area contributed by atoms with Crippen LogP contribution in [0.1, 0.15) is 53.4 Å². The Morgan fingerprint density at radius 2 is 1.47 bits per heavy atom. The number of carboxylic acid groups (broad SMARTS) is 1. The Bertz CT molecular complexity index is 627. The molecule has 11 nitrogen and oxygen atoms in total. The first-order chi connectivity index (χ1) is 13.9. The van der Waals surface area contributed by atoms with E-state index in [-0.39, 0.29) is 24.7 Å². The van der Waals surface area contributed by atoms with Crippen LogP contribution >= 0.6 is 0 Å². The first-order valence-corrected chi connectivity index (χ1v) is 10.1. The van der Waals surface area contributed by atoms with Gasteiger partial charge in [0.1, 0.15) is 18.6 Å². The van der Waals surface area contributed by atoms with Crippen LogP contribution < -0.4 is 27.4 Å². The van der Waals surface area contributed by atoms with E-state index >= 15 is 0 Å². The summed E-state index contributed by atoms with van der Waals surface area (Å²) in [6.45, 7) is 6.62. The standard InChI is InChI=1S/C19H35N5O6/c1-5-10(3)15(21)18(29)23-12(7-8-13(20)25)17(28)24-16(11(4)6-2)19(30)22-9-14(26)27/h10-12,15-16H,5-9,21H2,1-4H3,(H2,20,25)(H,22,30)(H,23,29)(H,24,28)(H,26,27). The second kappa shape index (κ2) is 13.5. The molecular formula is C19H35N5O6. The van der Waals surface area contributed by atoms with Gasteiger partial charge in [0, 0.05) is 6.42 Å². The molecule has 0 aliphatic rings. The Hall–Kier alpha value is -2.69. The molecule has 0 saturated carbocycles. The molecule has 0 heterocycles. The molecule has 11 heteroatoms. The Balaban J connectivity index is 5.41. The van der Waals surface area contributed by atoms with Crippen molar-refractivity contribution in [1.29, 1.82) is 0 Å². The van der Waals surface area contributed by atoms with Gasteiger partial charge in [-0.1, -0.05) is 40.5 Å². The highest BCUT2D eigenvalue weighted by atomic mass is 16.4. The highest BCUT2D eigenvalue weighted by Gasteiger charge is 2.31. The number of hydrogen-bond donors (Lipinski definition) is 6. The molecular weight excluding hydrogens is 394 g/mol. The summed E-state index contributed by atoms with van der Waals surface area (Å²) in [5.74, 6) is -4.19. The molecule has 4 amide bonds. The van der Waals surface area contributed by atoms with Gasteiger partial charge in [0.25, 0.3) is 0 Å². The first-order valence-electron chi connectivity index (χ1n) is 10.1. The molecule has 0 saturated heterocycles. The van der Waals surface area contributed by atoms with E-state index in [0.29, 0.717) is 12.8 Å². The van der Waals surface area contributed by atoms with Gasteiger partial charge >= 0.3 is 5.97 Å². The monoisotopic (exact) mass is 429 g/mol. The van der Waals surface area contributed by atoms with Crippen molar-refractivity contribution in [3.8, 4) is 0 Å². The van der Waals surface area contributed by atoms with Crippen LogP contribution in [-0.2, 0) is 24.0 Å². The number of amides is 4. The summed E-state index contributed by atoms with van der Waals surface area (Å²) in [6, 6.07) is -2.99. The maximum atomic E-state index is 12.8. The second-order valence-electron chi connectivity index (χ2n) is 7.46. The van der Waals surface area contributed by atoms with Crippen LogP contribution in [0.4, 0.5) is 0 Å². The Kier molecular flexibility index (Phi) is 12.3. The van der Waals surface area contributed by atoms with Gasteiger partial charge in [0.05, 0.1) is 6.04 Å². The van der Waals surface area contributed by atoms with E-state index < -0.39 is 54.3 Å². The van der Waals surface area contributed by atoms with Crippen molar-refractivity contribution in [3.05, 3.63) is 0 Å². The molecule has 0 aliphatic carbocycles. The molecule has 0 spiro atoms. The average Bonchev–Trinajstić information content (AvgIpc) is 2.70. The maximum Gasteiger partial charge on any atom is 0.322 e. The van der Waals surface area contributed by atoms with Gasteiger partial charge in [0.15, 0.2) is 0 Å². The van der Waals surface area contributed by atoms with Crippen LogP contribution in [0.5, 0.6) is 0 Å². The van der Waals surface area contributed by atoms with E-state index in [0.717, 1.165) is 0 Å². The number of primary amides is 1. The van der Waals surface area contributed by atoms with Gasteiger partial charge in [-0.2, -0.15) is 0 Å². The van der Waals surface area contributed by atoms with E-state index in [1.165, 1.54) is 0 Å². The summed E-state index contributed by atoms with van der Waals surface area (Å²) in [7, 11) is 0. The zero-order valence-electron chi connectivity index (χ0n) is 18.1. The predicted molar refractivity (Wildman–Crippen MR) is 110 cm³/mol. The third kappa shape index (κ3) is 9.68. The van der Waals surface area contributed by atoms with Gasteiger partial charge < -0.3 is 32.5 Å². The largest absolute Gasteiger partial charge is 0.480 e.